The molecule has 138 valence electrons. The third kappa shape index (κ3) is 9.93. The SMILES string of the molecule is CCN(CC)CC(=O)Nc1c(C)cccc1C.O=C(O)/C=C/C(=O)O. The van der Waals surface area contributed by atoms with Gasteiger partial charge in [0.2, 0.25) is 5.91 Å². The molecule has 1 rings (SSSR count). The van der Waals surface area contributed by atoms with Gasteiger partial charge < -0.3 is 15.5 Å². The molecule has 0 aliphatic carbocycles. The number of para-hydroxylation sites is 1. The Kier molecular flexibility index (Phi) is 10.5. The highest BCUT2D eigenvalue weighted by molar-refractivity contribution is 5.93. The average molecular weight is 350 g/mol. The van der Waals surface area contributed by atoms with E-state index >= 15 is 0 Å². The Hall–Kier alpha value is -2.67. The third-order valence-corrected chi connectivity index (χ3v) is 3.38. The van der Waals surface area contributed by atoms with Gasteiger partial charge in [0.15, 0.2) is 0 Å². The normalized spacial score (nSPS) is 10.3. The van der Waals surface area contributed by atoms with Gasteiger partial charge >= 0.3 is 11.9 Å². The van der Waals surface area contributed by atoms with Crippen molar-refractivity contribution in [3.63, 3.8) is 0 Å². The van der Waals surface area contributed by atoms with E-state index < -0.39 is 11.9 Å². The van der Waals surface area contributed by atoms with Crippen molar-refractivity contribution in [3.05, 3.63) is 41.5 Å². The molecule has 25 heavy (non-hydrogen) atoms. The minimum Gasteiger partial charge on any atom is -0.478 e. The fourth-order valence-electron chi connectivity index (χ4n) is 1.98. The first-order valence-corrected chi connectivity index (χ1v) is 7.93. The number of rotatable bonds is 7. The molecule has 0 unspecified atom stereocenters. The molecule has 0 fully saturated rings. The Balaban J connectivity index is 0.000000609. The first-order valence-electron chi connectivity index (χ1n) is 7.93. The summed E-state index contributed by atoms with van der Waals surface area (Å²) in [6.07, 6.45) is 1.12. The molecular weight excluding hydrogens is 324 g/mol. The highest BCUT2D eigenvalue weighted by Gasteiger charge is 2.09. The van der Waals surface area contributed by atoms with Gasteiger partial charge in [0.25, 0.3) is 0 Å². The van der Waals surface area contributed by atoms with E-state index in [1.54, 1.807) is 0 Å². The number of aryl methyl sites for hydroxylation is 2. The zero-order chi connectivity index (χ0) is 19.4. The first-order chi connectivity index (χ1) is 11.7. The number of carbonyl (C=O) groups is 3. The van der Waals surface area contributed by atoms with Crippen LogP contribution in [0.1, 0.15) is 25.0 Å². The summed E-state index contributed by atoms with van der Waals surface area (Å²) >= 11 is 0. The van der Waals surface area contributed by atoms with Crippen LogP contribution in [0.3, 0.4) is 0 Å². The quantitative estimate of drug-likeness (QED) is 0.651. The Morgan fingerprint density at radius 3 is 1.80 bits per heavy atom. The number of aliphatic carboxylic acids is 2. The molecule has 0 radical (unpaired) electrons. The van der Waals surface area contributed by atoms with E-state index in [4.69, 9.17) is 10.2 Å². The van der Waals surface area contributed by atoms with E-state index in [2.05, 4.69) is 24.1 Å². The largest absolute Gasteiger partial charge is 0.478 e. The summed E-state index contributed by atoms with van der Waals surface area (Å²) in [7, 11) is 0. The average Bonchev–Trinajstić information content (AvgIpc) is 2.55. The number of hydrogen-bond donors (Lipinski definition) is 3. The number of amides is 1. The summed E-state index contributed by atoms with van der Waals surface area (Å²) < 4.78 is 0. The van der Waals surface area contributed by atoms with E-state index in [1.165, 1.54) is 0 Å². The lowest BCUT2D eigenvalue weighted by Crippen LogP contribution is -2.33. The van der Waals surface area contributed by atoms with Gasteiger partial charge in [-0.15, -0.1) is 0 Å². The van der Waals surface area contributed by atoms with Crippen molar-refractivity contribution in [1.82, 2.24) is 4.90 Å². The van der Waals surface area contributed by atoms with E-state index in [0.717, 1.165) is 29.9 Å². The molecule has 0 bridgehead atoms. The van der Waals surface area contributed by atoms with Gasteiger partial charge in [-0.05, 0) is 38.1 Å². The van der Waals surface area contributed by atoms with Gasteiger partial charge in [0.1, 0.15) is 0 Å². The van der Waals surface area contributed by atoms with Crippen LogP contribution in [0.2, 0.25) is 0 Å². The maximum absolute atomic E-state index is 11.9. The number of nitrogens with zero attached hydrogens (tertiary/aromatic N) is 1. The van der Waals surface area contributed by atoms with Gasteiger partial charge in [0.05, 0.1) is 6.54 Å². The molecule has 0 aromatic heterocycles. The van der Waals surface area contributed by atoms with Crippen molar-refractivity contribution < 1.29 is 24.6 Å². The lowest BCUT2D eigenvalue weighted by Gasteiger charge is -2.18. The summed E-state index contributed by atoms with van der Waals surface area (Å²) in [6.45, 7) is 10.4. The number of hydrogen-bond acceptors (Lipinski definition) is 4. The number of nitrogens with one attached hydrogen (secondary N) is 1. The van der Waals surface area contributed by atoms with Crippen molar-refractivity contribution in [2.45, 2.75) is 27.7 Å². The molecule has 1 aromatic carbocycles. The Morgan fingerprint density at radius 2 is 1.44 bits per heavy atom. The molecule has 1 aromatic rings. The minimum absolute atomic E-state index is 0.0612. The van der Waals surface area contributed by atoms with Gasteiger partial charge in [-0.1, -0.05) is 32.0 Å². The molecule has 0 aliphatic rings. The highest BCUT2D eigenvalue weighted by Crippen LogP contribution is 2.19. The molecular formula is C18H26N2O5. The van der Waals surface area contributed by atoms with Crippen molar-refractivity contribution in [1.29, 1.82) is 0 Å². The number of carbonyl (C=O) groups excluding carboxylic acids is 1. The number of benzene rings is 1. The molecule has 0 spiro atoms. The van der Waals surface area contributed by atoms with Crippen molar-refractivity contribution in [2.75, 3.05) is 25.0 Å². The second-order valence-corrected chi connectivity index (χ2v) is 5.29. The van der Waals surface area contributed by atoms with E-state index in [0.29, 0.717) is 18.7 Å². The fourth-order valence-corrected chi connectivity index (χ4v) is 1.98. The maximum atomic E-state index is 11.9. The molecule has 0 saturated heterocycles. The van der Waals surface area contributed by atoms with Crippen LogP contribution in [0, 0.1) is 13.8 Å². The zero-order valence-corrected chi connectivity index (χ0v) is 15.1. The highest BCUT2D eigenvalue weighted by atomic mass is 16.4. The molecule has 0 atom stereocenters. The van der Waals surface area contributed by atoms with Crippen LogP contribution in [0.25, 0.3) is 0 Å². The van der Waals surface area contributed by atoms with E-state index in [9.17, 15) is 14.4 Å². The molecule has 0 aliphatic heterocycles. The first kappa shape index (κ1) is 22.3. The van der Waals surface area contributed by atoms with Crippen LogP contribution < -0.4 is 5.32 Å². The monoisotopic (exact) mass is 350 g/mol. The summed E-state index contributed by atoms with van der Waals surface area (Å²) in [6, 6.07) is 6.03. The topological polar surface area (TPSA) is 107 Å². The molecule has 7 nitrogen and oxygen atoms in total. The zero-order valence-electron chi connectivity index (χ0n) is 15.1. The van der Waals surface area contributed by atoms with Crippen LogP contribution in [0.5, 0.6) is 0 Å². The third-order valence-electron chi connectivity index (χ3n) is 3.38. The number of anilines is 1. The lowest BCUT2D eigenvalue weighted by atomic mass is 10.1. The van der Waals surface area contributed by atoms with Crippen molar-refractivity contribution >= 4 is 23.5 Å². The van der Waals surface area contributed by atoms with Crippen LogP contribution in [-0.4, -0.2) is 52.6 Å². The molecule has 7 heteroatoms. The number of likely N-dealkylation sites (N-methyl/N-ethyl adjacent to an activating group) is 1. The van der Waals surface area contributed by atoms with E-state index in [1.807, 2.05) is 32.0 Å². The Morgan fingerprint density at radius 1 is 1.00 bits per heavy atom. The van der Waals surface area contributed by atoms with Gasteiger partial charge in [-0.2, -0.15) is 0 Å². The van der Waals surface area contributed by atoms with Crippen LogP contribution in [0.4, 0.5) is 5.69 Å². The number of carboxylic acids is 2. The van der Waals surface area contributed by atoms with Crippen LogP contribution in [0.15, 0.2) is 30.4 Å². The van der Waals surface area contributed by atoms with Gasteiger partial charge in [0, 0.05) is 17.8 Å². The number of carboxylic acid groups (broad SMARTS) is 2. The fraction of sp³-hybridized carbons (Fsp3) is 0.389. The smallest absolute Gasteiger partial charge is 0.328 e. The predicted octanol–water partition coefficient (Wildman–Crippen LogP) is 2.30. The van der Waals surface area contributed by atoms with Crippen molar-refractivity contribution in [3.8, 4) is 0 Å². The maximum Gasteiger partial charge on any atom is 0.328 e. The Bertz CT molecular complexity index is 586. The second-order valence-electron chi connectivity index (χ2n) is 5.29. The molecule has 0 saturated carbocycles. The van der Waals surface area contributed by atoms with Crippen LogP contribution in [-0.2, 0) is 14.4 Å². The molecule has 0 heterocycles. The minimum atomic E-state index is -1.26. The summed E-state index contributed by atoms with van der Waals surface area (Å²) in [5.41, 5.74) is 3.17. The van der Waals surface area contributed by atoms with Crippen molar-refractivity contribution in [2.24, 2.45) is 0 Å². The summed E-state index contributed by atoms with van der Waals surface area (Å²) in [5.74, 6) is -2.45. The van der Waals surface area contributed by atoms with Crippen LogP contribution >= 0.6 is 0 Å². The Labute approximate surface area is 148 Å². The van der Waals surface area contributed by atoms with E-state index in [-0.39, 0.29) is 5.91 Å². The lowest BCUT2D eigenvalue weighted by molar-refractivity contribution is -0.134. The standard InChI is InChI=1S/C14H22N2O.C4H4O4/c1-5-16(6-2)10-13(17)15-14-11(3)8-7-9-12(14)4;5-3(6)1-2-4(7)8/h7-9H,5-6,10H2,1-4H3,(H,15,17);1-2H,(H,5,6)(H,7,8)/b;2-1+. The predicted molar refractivity (Wildman–Crippen MR) is 96.7 cm³/mol. The second kappa shape index (κ2) is 11.8. The molecule has 1 amide bonds. The molecule has 3 N–H and O–H groups in total. The van der Waals surface area contributed by atoms with Gasteiger partial charge in [-0.25, -0.2) is 9.59 Å². The summed E-state index contributed by atoms with van der Waals surface area (Å²) in [4.78, 5) is 33.1. The van der Waals surface area contributed by atoms with Gasteiger partial charge in [-0.3, -0.25) is 9.69 Å². The summed E-state index contributed by atoms with van der Waals surface area (Å²) in [5, 5.41) is 18.6.